The van der Waals surface area contributed by atoms with Crippen molar-refractivity contribution in [3.05, 3.63) is 64.8 Å². The molecule has 4 heteroatoms. The van der Waals surface area contributed by atoms with Crippen LogP contribution in [0.15, 0.2) is 48.7 Å². The van der Waals surface area contributed by atoms with E-state index in [0.29, 0.717) is 17.9 Å². The molecule has 0 N–H and O–H groups in total. The maximum atomic E-state index is 9.15. The van der Waals surface area contributed by atoms with Crippen molar-refractivity contribution in [3.8, 4) is 11.8 Å². The number of halogens is 1. The highest BCUT2D eigenvalue weighted by Crippen LogP contribution is 2.23. The minimum Gasteiger partial charge on any atom is -0.495 e. The second-order valence-corrected chi connectivity index (χ2v) is 5.23. The number of nitrogens with zero attached hydrogens (tertiary/aromatic N) is 2. The summed E-state index contributed by atoms with van der Waals surface area (Å²) in [5.41, 5.74) is 2.73. The Balaban J connectivity index is 1.97. The molecule has 0 saturated carbocycles. The van der Waals surface area contributed by atoms with Gasteiger partial charge in [0.1, 0.15) is 11.8 Å². The Kier molecular flexibility index (Phi) is 3.55. The smallest absolute Gasteiger partial charge is 0.136 e. The molecule has 0 saturated heterocycles. The maximum absolute atomic E-state index is 9.15. The van der Waals surface area contributed by atoms with Crippen molar-refractivity contribution in [1.29, 1.82) is 5.26 Å². The fourth-order valence-corrected chi connectivity index (χ4v) is 2.63. The molecule has 0 unspecified atom stereocenters. The van der Waals surface area contributed by atoms with Gasteiger partial charge in [0, 0.05) is 28.7 Å². The van der Waals surface area contributed by atoms with Gasteiger partial charge >= 0.3 is 0 Å². The van der Waals surface area contributed by atoms with Crippen molar-refractivity contribution in [1.82, 2.24) is 4.57 Å². The molecule has 0 aliphatic heterocycles. The van der Waals surface area contributed by atoms with Crippen molar-refractivity contribution in [2.45, 2.75) is 6.54 Å². The van der Waals surface area contributed by atoms with Crippen LogP contribution in [0.1, 0.15) is 11.1 Å². The Morgan fingerprint density at radius 2 is 2.05 bits per heavy atom. The van der Waals surface area contributed by atoms with E-state index >= 15 is 0 Å². The molecule has 0 radical (unpaired) electrons. The summed E-state index contributed by atoms with van der Waals surface area (Å²) in [6, 6.07) is 15.7. The first-order valence-corrected chi connectivity index (χ1v) is 6.90. The van der Waals surface area contributed by atoms with Crippen LogP contribution in [0, 0.1) is 11.3 Å². The minimum absolute atomic E-state index is 0.550. The maximum Gasteiger partial charge on any atom is 0.136 e. The molecule has 2 aromatic carbocycles. The van der Waals surface area contributed by atoms with E-state index in [1.165, 1.54) is 0 Å². The number of rotatable bonds is 3. The van der Waals surface area contributed by atoms with E-state index in [4.69, 9.17) is 21.6 Å². The zero-order valence-electron chi connectivity index (χ0n) is 11.5. The highest BCUT2D eigenvalue weighted by atomic mass is 35.5. The molecular formula is C17H13ClN2O. The van der Waals surface area contributed by atoms with Gasteiger partial charge in [0.15, 0.2) is 0 Å². The number of methoxy groups -OCH3 is 1. The normalized spacial score (nSPS) is 10.5. The fourth-order valence-electron chi connectivity index (χ4n) is 2.45. The topological polar surface area (TPSA) is 38.0 Å². The van der Waals surface area contributed by atoms with Gasteiger partial charge in [-0.05, 0) is 42.0 Å². The number of aromatic nitrogens is 1. The van der Waals surface area contributed by atoms with Gasteiger partial charge in [-0.1, -0.05) is 17.7 Å². The highest BCUT2D eigenvalue weighted by Gasteiger charge is 2.06. The van der Waals surface area contributed by atoms with Crippen LogP contribution in [-0.2, 0) is 6.54 Å². The van der Waals surface area contributed by atoms with Gasteiger partial charge in [-0.15, -0.1) is 0 Å². The zero-order chi connectivity index (χ0) is 14.8. The van der Waals surface area contributed by atoms with Crippen LogP contribution in [0.5, 0.6) is 5.75 Å². The predicted molar refractivity (Wildman–Crippen MR) is 83.8 cm³/mol. The third-order valence-corrected chi connectivity index (χ3v) is 3.71. The lowest BCUT2D eigenvalue weighted by molar-refractivity contribution is 0.413. The van der Waals surface area contributed by atoms with Gasteiger partial charge in [0.25, 0.3) is 0 Å². The summed E-state index contributed by atoms with van der Waals surface area (Å²) in [4.78, 5) is 0. The lowest BCUT2D eigenvalue weighted by atomic mass is 10.1. The molecule has 3 aromatic rings. The summed E-state index contributed by atoms with van der Waals surface area (Å²) in [5.74, 6) is 0.602. The SMILES string of the molecule is COc1ccc(Cn2ccc3cc(Cl)ccc32)cc1C#N. The van der Waals surface area contributed by atoms with Gasteiger partial charge < -0.3 is 9.30 Å². The molecule has 0 atom stereocenters. The van der Waals surface area contributed by atoms with Crippen LogP contribution in [0.3, 0.4) is 0 Å². The van der Waals surface area contributed by atoms with E-state index in [1.807, 2.05) is 48.7 Å². The largest absolute Gasteiger partial charge is 0.495 e. The molecule has 1 aromatic heterocycles. The third kappa shape index (κ3) is 2.58. The highest BCUT2D eigenvalue weighted by molar-refractivity contribution is 6.31. The fraction of sp³-hybridized carbons (Fsp3) is 0.118. The summed E-state index contributed by atoms with van der Waals surface area (Å²) in [6.07, 6.45) is 2.03. The molecule has 3 rings (SSSR count). The standard InChI is InChI=1S/C17H13ClN2O/c1-21-17-5-2-12(8-14(17)10-19)11-20-7-6-13-9-15(18)3-4-16(13)20/h2-9H,11H2,1H3. The third-order valence-electron chi connectivity index (χ3n) is 3.47. The van der Waals surface area contributed by atoms with E-state index in [0.717, 1.165) is 21.5 Å². The van der Waals surface area contributed by atoms with Crippen LogP contribution in [0.2, 0.25) is 5.02 Å². The molecule has 0 fully saturated rings. The number of ether oxygens (including phenoxy) is 1. The van der Waals surface area contributed by atoms with E-state index in [2.05, 4.69) is 10.6 Å². The summed E-state index contributed by atoms with van der Waals surface area (Å²) >= 11 is 6.00. The number of hydrogen-bond acceptors (Lipinski definition) is 2. The summed E-state index contributed by atoms with van der Waals surface area (Å²) in [7, 11) is 1.57. The van der Waals surface area contributed by atoms with Crippen molar-refractivity contribution >= 4 is 22.5 Å². The van der Waals surface area contributed by atoms with Crippen LogP contribution >= 0.6 is 11.6 Å². The second kappa shape index (κ2) is 5.51. The van der Waals surface area contributed by atoms with Crippen LogP contribution in [0.25, 0.3) is 10.9 Å². The van der Waals surface area contributed by atoms with E-state index in [9.17, 15) is 0 Å². The predicted octanol–water partition coefficient (Wildman–Crippen LogP) is 4.22. The summed E-state index contributed by atoms with van der Waals surface area (Å²) in [6.45, 7) is 0.698. The molecule has 1 heterocycles. The number of fused-ring (bicyclic) bond motifs is 1. The average Bonchev–Trinajstić information content (AvgIpc) is 2.89. The molecule has 0 bridgehead atoms. The monoisotopic (exact) mass is 296 g/mol. The van der Waals surface area contributed by atoms with Gasteiger partial charge in [-0.3, -0.25) is 0 Å². The Hall–Kier alpha value is -2.44. The lowest BCUT2D eigenvalue weighted by Gasteiger charge is -2.08. The van der Waals surface area contributed by atoms with Crippen molar-refractivity contribution in [2.75, 3.05) is 7.11 Å². The molecule has 0 spiro atoms. The minimum atomic E-state index is 0.550. The lowest BCUT2D eigenvalue weighted by Crippen LogP contribution is -1.99. The van der Waals surface area contributed by atoms with Gasteiger partial charge in [-0.25, -0.2) is 0 Å². The quantitative estimate of drug-likeness (QED) is 0.725. The van der Waals surface area contributed by atoms with E-state index < -0.39 is 0 Å². The first kappa shape index (κ1) is 13.5. The van der Waals surface area contributed by atoms with E-state index in [-0.39, 0.29) is 0 Å². The number of benzene rings is 2. The summed E-state index contributed by atoms with van der Waals surface area (Å²) in [5, 5.41) is 11.0. The van der Waals surface area contributed by atoms with Gasteiger partial charge in [0.2, 0.25) is 0 Å². The number of nitriles is 1. The van der Waals surface area contributed by atoms with Crippen LogP contribution in [0.4, 0.5) is 0 Å². The Bertz CT molecular complexity index is 846. The number of hydrogen-bond donors (Lipinski definition) is 0. The van der Waals surface area contributed by atoms with Gasteiger partial charge in [0.05, 0.1) is 12.7 Å². The van der Waals surface area contributed by atoms with E-state index in [1.54, 1.807) is 7.11 Å². The second-order valence-electron chi connectivity index (χ2n) is 4.79. The molecule has 104 valence electrons. The first-order chi connectivity index (χ1) is 10.2. The van der Waals surface area contributed by atoms with Crippen LogP contribution < -0.4 is 4.74 Å². The molecule has 0 aliphatic carbocycles. The van der Waals surface area contributed by atoms with Crippen molar-refractivity contribution in [3.63, 3.8) is 0 Å². The Labute approximate surface area is 127 Å². The van der Waals surface area contributed by atoms with Crippen molar-refractivity contribution in [2.24, 2.45) is 0 Å². The Morgan fingerprint density at radius 1 is 1.19 bits per heavy atom. The molecule has 3 nitrogen and oxygen atoms in total. The molecule has 0 aliphatic rings. The first-order valence-electron chi connectivity index (χ1n) is 6.52. The van der Waals surface area contributed by atoms with Crippen LogP contribution in [-0.4, -0.2) is 11.7 Å². The van der Waals surface area contributed by atoms with Gasteiger partial charge in [-0.2, -0.15) is 5.26 Å². The summed E-state index contributed by atoms with van der Waals surface area (Å²) < 4.78 is 7.30. The molecular weight excluding hydrogens is 284 g/mol. The Morgan fingerprint density at radius 3 is 2.81 bits per heavy atom. The van der Waals surface area contributed by atoms with Crippen molar-refractivity contribution < 1.29 is 4.74 Å². The zero-order valence-corrected chi connectivity index (χ0v) is 12.3. The molecule has 21 heavy (non-hydrogen) atoms. The molecule has 0 amide bonds. The average molecular weight is 297 g/mol.